The summed E-state index contributed by atoms with van der Waals surface area (Å²) in [6, 6.07) is 12.6. The molecule has 0 aliphatic heterocycles. The lowest BCUT2D eigenvalue weighted by molar-refractivity contribution is -0.137. The van der Waals surface area contributed by atoms with Crippen LogP contribution in [0, 0.1) is 6.92 Å². The number of oxime groups is 1. The van der Waals surface area contributed by atoms with Crippen LogP contribution in [0.25, 0.3) is 0 Å². The average molecular weight is 293 g/mol. The smallest absolute Gasteiger partial charge is 0.391 e. The van der Waals surface area contributed by atoms with E-state index in [-0.39, 0.29) is 6.61 Å². The molecular weight excluding hydrogens is 279 g/mol. The molecule has 0 amide bonds. The first-order valence-electron chi connectivity index (χ1n) is 6.33. The van der Waals surface area contributed by atoms with Crippen LogP contribution in [-0.2, 0) is 17.6 Å². The van der Waals surface area contributed by atoms with Gasteiger partial charge in [0.05, 0.1) is 11.8 Å². The van der Waals surface area contributed by atoms with Crippen molar-refractivity contribution >= 4 is 6.21 Å². The van der Waals surface area contributed by atoms with Crippen molar-refractivity contribution in [2.75, 3.05) is 0 Å². The molecule has 0 heterocycles. The minimum Gasteiger partial charge on any atom is -0.391 e. The molecule has 0 saturated carbocycles. The van der Waals surface area contributed by atoms with E-state index in [0.29, 0.717) is 5.56 Å². The molecule has 0 saturated heterocycles. The van der Waals surface area contributed by atoms with Crippen molar-refractivity contribution in [3.8, 4) is 0 Å². The highest BCUT2D eigenvalue weighted by Crippen LogP contribution is 2.29. The van der Waals surface area contributed by atoms with Crippen molar-refractivity contribution < 1.29 is 18.0 Å². The van der Waals surface area contributed by atoms with Crippen LogP contribution < -0.4 is 0 Å². The van der Waals surface area contributed by atoms with E-state index in [9.17, 15) is 13.2 Å². The summed E-state index contributed by atoms with van der Waals surface area (Å²) in [4.78, 5) is 5.09. The first kappa shape index (κ1) is 15.1. The van der Waals surface area contributed by atoms with Gasteiger partial charge in [-0.3, -0.25) is 0 Å². The SMILES string of the molecule is Cc1cccc(CON=Cc2cccc(C(F)(F)F)c2)c1. The predicted molar refractivity (Wildman–Crippen MR) is 75.0 cm³/mol. The first-order valence-corrected chi connectivity index (χ1v) is 6.33. The van der Waals surface area contributed by atoms with Gasteiger partial charge in [-0.05, 0) is 30.2 Å². The number of hydrogen-bond donors (Lipinski definition) is 0. The molecule has 0 radical (unpaired) electrons. The number of halogens is 3. The van der Waals surface area contributed by atoms with Crippen LogP contribution in [0.1, 0.15) is 22.3 Å². The predicted octanol–water partition coefficient (Wildman–Crippen LogP) is 4.56. The molecule has 0 aliphatic carbocycles. The van der Waals surface area contributed by atoms with Crippen LogP contribution >= 0.6 is 0 Å². The zero-order valence-electron chi connectivity index (χ0n) is 11.4. The third-order valence-corrected chi connectivity index (χ3v) is 2.80. The zero-order valence-corrected chi connectivity index (χ0v) is 11.4. The Kier molecular flexibility index (Phi) is 4.62. The van der Waals surface area contributed by atoms with Crippen molar-refractivity contribution in [3.63, 3.8) is 0 Å². The zero-order chi connectivity index (χ0) is 15.3. The van der Waals surface area contributed by atoms with Crippen molar-refractivity contribution in [2.24, 2.45) is 5.16 Å². The van der Waals surface area contributed by atoms with Crippen LogP contribution in [0.3, 0.4) is 0 Å². The molecule has 2 aromatic rings. The number of aryl methyl sites for hydroxylation is 1. The number of nitrogens with zero attached hydrogens (tertiary/aromatic N) is 1. The van der Waals surface area contributed by atoms with Crippen LogP contribution in [0.2, 0.25) is 0 Å². The molecule has 5 heteroatoms. The van der Waals surface area contributed by atoms with Gasteiger partial charge in [0.1, 0.15) is 6.61 Å². The monoisotopic (exact) mass is 293 g/mol. The molecule has 0 aliphatic rings. The van der Waals surface area contributed by atoms with Gasteiger partial charge < -0.3 is 4.84 Å². The van der Waals surface area contributed by atoms with Crippen molar-refractivity contribution in [2.45, 2.75) is 19.7 Å². The molecule has 0 fully saturated rings. The molecule has 2 rings (SSSR count). The van der Waals surface area contributed by atoms with E-state index in [1.54, 1.807) is 0 Å². The van der Waals surface area contributed by atoms with Gasteiger partial charge in [-0.2, -0.15) is 13.2 Å². The van der Waals surface area contributed by atoms with Crippen molar-refractivity contribution in [3.05, 3.63) is 70.8 Å². The van der Waals surface area contributed by atoms with Crippen LogP contribution in [0.15, 0.2) is 53.7 Å². The lowest BCUT2D eigenvalue weighted by Gasteiger charge is -2.06. The van der Waals surface area contributed by atoms with Gasteiger partial charge in [-0.25, -0.2) is 0 Å². The van der Waals surface area contributed by atoms with E-state index in [0.717, 1.165) is 23.3 Å². The maximum Gasteiger partial charge on any atom is 0.416 e. The maximum absolute atomic E-state index is 12.5. The highest BCUT2D eigenvalue weighted by Gasteiger charge is 2.30. The third-order valence-electron chi connectivity index (χ3n) is 2.80. The summed E-state index contributed by atoms with van der Waals surface area (Å²) >= 11 is 0. The summed E-state index contributed by atoms with van der Waals surface area (Å²) in [5.74, 6) is 0. The second-order valence-electron chi connectivity index (χ2n) is 4.62. The van der Waals surface area contributed by atoms with Crippen LogP contribution in [0.4, 0.5) is 13.2 Å². The van der Waals surface area contributed by atoms with Crippen LogP contribution in [-0.4, -0.2) is 6.21 Å². The molecule has 110 valence electrons. The fraction of sp³-hybridized carbons (Fsp3) is 0.188. The average Bonchev–Trinajstić information content (AvgIpc) is 2.43. The highest BCUT2D eigenvalue weighted by atomic mass is 19.4. The van der Waals surface area contributed by atoms with Gasteiger partial charge in [-0.15, -0.1) is 0 Å². The number of rotatable bonds is 4. The molecule has 0 bridgehead atoms. The summed E-state index contributed by atoms with van der Waals surface area (Å²) in [6.07, 6.45) is -3.09. The van der Waals surface area contributed by atoms with Gasteiger partial charge >= 0.3 is 6.18 Å². The molecule has 0 atom stereocenters. The Morgan fingerprint density at radius 1 is 1.10 bits per heavy atom. The maximum atomic E-state index is 12.5. The summed E-state index contributed by atoms with van der Waals surface area (Å²) in [6.45, 7) is 2.24. The second kappa shape index (κ2) is 6.43. The number of alkyl halides is 3. The summed E-state index contributed by atoms with van der Waals surface area (Å²) in [5, 5.41) is 3.70. The molecule has 0 N–H and O–H groups in total. The number of benzene rings is 2. The largest absolute Gasteiger partial charge is 0.416 e. The van der Waals surface area contributed by atoms with E-state index in [1.165, 1.54) is 18.3 Å². The lowest BCUT2D eigenvalue weighted by Crippen LogP contribution is -2.05. The van der Waals surface area contributed by atoms with E-state index < -0.39 is 11.7 Å². The molecule has 21 heavy (non-hydrogen) atoms. The van der Waals surface area contributed by atoms with Gasteiger partial charge in [-0.1, -0.05) is 47.1 Å². The van der Waals surface area contributed by atoms with Crippen molar-refractivity contribution in [1.29, 1.82) is 0 Å². The normalized spacial score (nSPS) is 11.8. The Morgan fingerprint density at radius 3 is 2.57 bits per heavy atom. The van der Waals surface area contributed by atoms with Crippen LogP contribution in [0.5, 0.6) is 0 Å². The van der Waals surface area contributed by atoms with Crippen molar-refractivity contribution in [1.82, 2.24) is 0 Å². The second-order valence-corrected chi connectivity index (χ2v) is 4.62. The first-order chi connectivity index (χ1) is 9.95. The van der Waals surface area contributed by atoms with E-state index in [1.807, 2.05) is 31.2 Å². The Morgan fingerprint density at radius 2 is 1.86 bits per heavy atom. The van der Waals surface area contributed by atoms with Gasteiger partial charge in [0.25, 0.3) is 0 Å². The fourth-order valence-corrected chi connectivity index (χ4v) is 1.81. The molecule has 0 unspecified atom stereocenters. The van der Waals surface area contributed by atoms with E-state index in [4.69, 9.17) is 4.84 Å². The van der Waals surface area contributed by atoms with Gasteiger partial charge in [0.2, 0.25) is 0 Å². The fourth-order valence-electron chi connectivity index (χ4n) is 1.81. The summed E-state index contributed by atoms with van der Waals surface area (Å²) < 4.78 is 37.6. The third kappa shape index (κ3) is 4.63. The Labute approximate surface area is 120 Å². The van der Waals surface area contributed by atoms with Gasteiger partial charge in [0, 0.05) is 0 Å². The minimum absolute atomic E-state index is 0.275. The summed E-state index contributed by atoms with van der Waals surface area (Å²) in [5.41, 5.74) is 1.70. The standard InChI is InChI=1S/C16H14F3NO/c1-12-4-2-6-14(8-12)11-21-20-10-13-5-3-7-15(9-13)16(17,18)19/h2-10H,11H2,1H3. The molecule has 2 nitrogen and oxygen atoms in total. The minimum atomic E-state index is -4.35. The quantitative estimate of drug-likeness (QED) is 0.598. The summed E-state index contributed by atoms with van der Waals surface area (Å²) in [7, 11) is 0. The Bertz CT molecular complexity index is 635. The Balaban J connectivity index is 1.96. The van der Waals surface area contributed by atoms with E-state index >= 15 is 0 Å². The number of hydrogen-bond acceptors (Lipinski definition) is 2. The highest BCUT2D eigenvalue weighted by molar-refractivity contribution is 5.79. The van der Waals surface area contributed by atoms with Gasteiger partial charge in [0.15, 0.2) is 0 Å². The molecule has 0 spiro atoms. The lowest BCUT2D eigenvalue weighted by atomic mass is 10.1. The van der Waals surface area contributed by atoms with E-state index in [2.05, 4.69) is 5.16 Å². The molecular formula is C16H14F3NO. The topological polar surface area (TPSA) is 21.6 Å². The molecule has 0 aromatic heterocycles. The molecule has 2 aromatic carbocycles. The Hall–Kier alpha value is -2.30.